The molecule has 0 fully saturated rings. The van der Waals surface area contributed by atoms with Gasteiger partial charge >= 0.3 is 0 Å². The molecule has 11 nitrogen and oxygen atoms in total. The third kappa shape index (κ3) is 21.7. The lowest BCUT2D eigenvalue weighted by atomic mass is 10.0. The third-order valence-electron chi connectivity index (χ3n) is 6.25. The number of rotatable bonds is 25. The Labute approximate surface area is 227 Å². The van der Waals surface area contributed by atoms with Gasteiger partial charge in [-0.25, -0.2) is 10.1 Å². The molecule has 11 heteroatoms. The van der Waals surface area contributed by atoms with Gasteiger partial charge in [-0.15, -0.1) is 0 Å². The molecule has 0 aliphatic rings. The predicted molar refractivity (Wildman–Crippen MR) is 143 cm³/mol. The first-order valence-corrected chi connectivity index (χ1v) is 14.1. The second kappa shape index (κ2) is 23.7. The van der Waals surface area contributed by atoms with E-state index in [1.54, 1.807) is 0 Å². The molecule has 5 N–H and O–H groups in total. The average molecular weight is 543 g/mol. The molecule has 0 radical (unpaired) electrons. The Hall–Kier alpha value is -2.37. The summed E-state index contributed by atoms with van der Waals surface area (Å²) < 4.78 is 0. The molecule has 38 heavy (non-hydrogen) atoms. The molecule has 220 valence electrons. The van der Waals surface area contributed by atoms with Gasteiger partial charge in [-0.05, 0) is 51.5 Å². The summed E-state index contributed by atoms with van der Waals surface area (Å²) in [5, 5.41) is 23.1. The number of carbonyl (C=O) groups is 5. The van der Waals surface area contributed by atoms with Gasteiger partial charge in [0.15, 0.2) is 0 Å². The van der Waals surface area contributed by atoms with E-state index in [1.807, 2.05) is 0 Å². The Kier molecular flexibility index (Phi) is 22.2. The molecule has 0 bridgehead atoms. The molecule has 0 saturated heterocycles. The highest BCUT2D eigenvalue weighted by molar-refractivity contribution is 5.85. The van der Waals surface area contributed by atoms with E-state index >= 15 is 0 Å². The van der Waals surface area contributed by atoms with Crippen LogP contribution in [0.15, 0.2) is 0 Å². The summed E-state index contributed by atoms with van der Waals surface area (Å²) in [6.07, 6.45) is 10.2. The first-order valence-electron chi connectivity index (χ1n) is 14.1. The Morgan fingerprint density at radius 2 is 1.11 bits per heavy atom. The van der Waals surface area contributed by atoms with Crippen LogP contribution in [0.2, 0.25) is 0 Å². The number of Topliss-reactive ketones (excluding diaryl/α,β-unsaturated/α-hetero) is 2. The van der Waals surface area contributed by atoms with Gasteiger partial charge in [0.2, 0.25) is 17.7 Å². The Bertz CT molecular complexity index is 703. The van der Waals surface area contributed by atoms with Crippen molar-refractivity contribution in [2.45, 2.75) is 116 Å². The zero-order chi connectivity index (χ0) is 28.6. The third-order valence-corrected chi connectivity index (χ3v) is 6.25. The summed E-state index contributed by atoms with van der Waals surface area (Å²) in [6, 6.07) is 0. The van der Waals surface area contributed by atoms with Gasteiger partial charge < -0.3 is 11.1 Å². The summed E-state index contributed by atoms with van der Waals surface area (Å²) in [5.74, 6) is -0.868. The van der Waals surface area contributed by atoms with E-state index in [9.17, 15) is 34.4 Å². The van der Waals surface area contributed by atoms with Crippen LogP contribution in [0.25, 0.3) is 0 Å². The van der Waals surface area contributed by atoms with Crippen molar-refractivity contribution in [2.24, 2.45) is 5.73 Å². The number of nitrogens with two attached hydrogens (primary N) is 1. The van der Waals surface area contributed by atoms with E-state index in [2.05, 4.69) is 5.32 Å². The molecule has 3 amide bonds. The Balaban J connectivity index is 3.61. The number of nitrogens with one attached hydrogen (secondary N) is 1. The zero-order valence-electron chi connectivity index (χ0n) is 23.3. The lowest BCUT2D eigenvalue weighted by Crippen LogP contribution is -2.28. The van der Waals surface area contributed by atoms with Crippen molar-refractivity contribution in [3.8, 4) is 0 Å². The van der Waals surface area contributed by atoms with E-state index in [0.29, 0.717) is 48.9 Å². The number of unbranched alkanes of at least 4 members (excludes halogenated alkanes) is 8. The van der Waals surface area contributed by atoms with Crippen molar-refractivity contribution >= 4 is 29.3 Å². The lowest BCUT2D eigenvalue weighted by molar-refractivity contribution is -0.166. The van der Waals surface area contributed by atoms with Crippen molar-refractivity contribution < 1.29 is 34.4 Å². The van der Waals surface area contributed by atoms with Crippen molar-refractivity contribution in [3.63, 3.8) is 0 Å². The lowest BCUT2D eigenvalue weighted by Gasteiger charge is -2.14. The van der Waals surface area contributed by atoms with Gasteiger partial charge in [0.25, 0.3) is 0 Å². The SMILES string of the molecule is CC(=O)N(O)CCCCCNC(=O)CCC(=O)CCCCCCCC(=O)CCC(=O)N(O)CCCCCN. The number of ketones is 2. The van der Waals surface area contributed by atoms with Crippen LogP contribution in [0, 0.1) is 0 Å². The molecule has 0 rings (SSSR count). The van der Waals surface area contributed by atoms with E-state index in [4.69, 9.17) is 5.73 Å². The van der Waals surface area contributed by atoms with Gasteiger partial charge in [-0.3, -0.25) is 34.4 Å². The van der Waals surface area contributed by atoms with Crippen LogP contribution in [0.5, 0.6) is 0 Å². The number of hydrogen-bond acceptors (Lipinski definition) is 8. The summed E-state index contributed by atoms with van der Waals surface area (Å²) >= 11 is 0. The normalized spacial score (nSPS) is 10.7. The summed E-state index contributed by atoms with van der Waals surface area (Å²) in [5.41, 5.74) is 5.41. The number of carbonyl (C=O) groups excluding carboxylic acids is 5. The van der Waals surface area contributed by atoms with Crippen LogP contribution < -0.4 is 11.1 Å². The number of amides is 3. The largest absolute Gasteiger partial charge is 0.356 e. The second-order valence-corrected chi connectivity index (χ2v) is 9.76. The van der Waals surface area contributed by atoms with Gasteiger partial charge in [0.1, 0.15) is 11.6 Å². The molecule has 0 heterocycles. The fourth-order valence-corrected chi connectivity index (χ4v) is 3.80. The van der Waals surface area contributed by atoms with Gasteiger partial charge in [-0.1, -0.05) is 25.7 Å². The Morgan fingerprint density at radius 3 is 1.68 bits per heavy atom. The highest BCUT2D eigenvalue weighted by atomic mass is 16.5. The Morgan fingerprint density at radius 1 is 0.605 bits per heavy atom. The number of hydroxylamine groups is 4. The molecule has 0 aromatic carbocycles. The topological polar surface area (TPSA) is 170 Å². The highest BCUT2D eigenvalue weighted by Crippen LogP contribution is 2.11. The van der Waals surface area contributed by atoms with Gasteiger partial charge in [0.05, 0.1) is 0 Å². The average Bonchev–Trinajstić information content (AvgIpc) is 2.89. The minimum absolute atomic E-state index is 0.0214. The maximum Gasteiger partial charge on any atom is 0.246 e. The fourth-order valence-electron chi connectivity index (χ4n) is 3.80. The first kappa shape index (κ1) is 35.6. The summed E-state index contributed by atoms with van der Waals surface area (Å²) in [6.45, 7) is 2.93. The number of hydrogen-bond donors (Lipinski definition) is 4. The van der Waals surface area contributed by atoms with Gasteiger partial charge in [0, 0.05) is 65.1 Å². The second-order valence-electron chi connectivity index (χ2n) is 9.76. The summed E-state index contributed by atoms with van der Waals surface area (Å²) in [4.78, 5) is 58.5. The van der Waals surface area contributed by atoms with Crippen molar-refractivity contribution in [1.82, 2.24) is 15.4 Å². The predicted octanol–water partition coefficient (Wildman–Crippen LogP) is 3.29. The molecule has 0 unspecified atom stereocenters. The summed E-state index contributed by atoms with van der Waals surface area (Å²) in [7, 11) is 0. The van der Waals surface area contributed by atoms with E-state index in [0.717, 1.165) is 57.8 Å². The van der Waals surface area contributed by atoms with Crippen LogP contribution in [-0.4, -0.2) is 76.0 Å². The smallest absolute Gasteiger partial charge is 0.246 e. The quantitative estimate of drug-likeness (QED) is 0.0773. The van der Waals surface area contributed by atoms with Crippen LogP contribution in [-0.2, 0) is 24.0 Å². The molecule has 0 atom stereocenters. The van der Waals surface area contributed by atoms with E-state index in [1.165, 1.54) is 6.92 Å². The van der Waals surface area contributed by atoms with Crippen molar-refractivity contribution in [2.75, 3.05) is 26.2 Å². The van der Waals surface area contributed by atoms with Crippen LogP contribution >= 0.6 is 0 Å². The standard InChI is InChI=1S/C27H50N4O7/c1-23(32)30(37)21-12-6-10-20-29-26(35)17-15-24(33)13-7-3-2-4-8-14-25(34)16-18-27(36)31(38)22-11-5-9-19-28/h37-38H,2-22,28H2,1H3,(H,29,35). The fraction of sp³-hybridized carbons (Fsp3) is 0.815. The van der Waals surface area contributed by atoms with E-state index < -0.39 is 11.8 Å². The minimum Gasteiger partial charge on any atom is -0.356 e. The van der Waals surface area contributed by atoms with E-state index in [-0.39, 0.29) is 56.2 Å². The minimum atomic E-state index is -0.425. The maximum absolute atomic E-state index is 12.0. The molecular weight excluding hydrogens is 492 g/mol. The molecule has 0 aromatic rings. The highest BCUT2D eigenvalue weighted by Gasteiger charge is 2.13. The van der Waals surface area contributed by atoms with Crippen molar-refractivity contribution in [1.29, 1.82) is 0 Å². The monoisotopic (exact) mass is 542 g/mol. The molecule has 0 aromatic heterocycles. The van der Waals surface area contributed by atoms with Crippen LogP contribution in [0.1, 0.15) is 116 Å². The van der Waals surface area contributed by atoms with Crippen molar-refractivity contribution in [3.05, 3.63) is 0 Å². The van der Waals surface area contributed by atoms with Crippen LogP contribution in [0.4, 0.5) is 0 Å². The molecular formula is C27H50N4O7. The van der Waals surface area contributed by atoms with Gasteiger partial charge in [-0.2, -0.15) is 0 Å². The molecule has 0 aliphatic heterocycles. The first-order chi connectivity index (χ1) is 18.2. The molecule has 0 spiro atoms. The maximum atomic E-state index is 12.0. The number of nitrogens with zero attached hydrogens (tertiary/aromatic N) is 2. The zero-order valence-corrected chi connectivity index (χ0v) is 23.3. The molecule has 0 saturated carbocycles. The van der Waals surface area contributed by atoms with Crippen LogP contribution in [0.3, 0.4) is 0 Å². The molecule has 0 aliphatic carbocycles.